The molecule has 1 N–H and O–H groups in total. The van der Waals surface area contributed by atoms with E-state index >= 15 is 0 Å². The highest BCUT2D eigenvalue weighted by molar-refractivity contribution is 6.31. The average Bonchev–Trinajstić information content (AvgIpc) is 2.62. The summed E-state index contributed by atoms with van der Waals surface area (Å²) in [7, 11) is 0. The zero-order valence-corrected chi connectivity index (χ0v) is 11.8. The molecule has 0 unspecified atom stereocenters. The highest BCUT2D eigenvalue weighted by Gasteiger charge is 2.11. The smallest absolute Gasteiger partial charge is 0.232 e. The van der Waals surface area contributed by atoms with Crippen molar-refractivity contribution in [2.75, 3.05) is 18.5 Å². The normalized spacial score (nSPS) is 13.7. The summed E-state index contributed by atoms with van der Waals surface area (Å²) in [5.41, 5.74) is 0.743. The quantitative estimate of drug-likeness (QED) is 0.919. The van der Waals surface area contributed by atoms with Crippen LogP contribution in [-0.4, -0.2) is 28.2 Å². The summed E-state index contributed by atoms with van der Waals surface area (Å²) >= 11 is 11.4. The second-order valence-corrected chi connectivity index (χ2v) is 4.71. The number of hydrogen-bond acceptors (Lipinski definition) is 6. The number of hydrogen-bond donors (Lipinski definition) is 1. The van der Waals surface area contributed by atoms with Gasteiger partial charge in [0, 0.05) is 18.2 Å². The average molecular weight is 313 g/mol. The second-order valence-electron chi connectivity index (χ2n) is 4.03. The molecule has 3 rings (SSSR count). The monoisotopic (exact) mass is 312 g/mol. The van der Waals surface area contributed by atoms with E-state index in [1.165, 1.54) is 0 Å². The van der Waals surface area contributed by atoms with Gasteiger partial charge in [0.2, 0.25) is 16.5 Å². The summed E-state index contributed by atoms with van der Waals surface area (Å²) < 4.78 is 11.2. The molecule has 1 aliphatic heterocycles. The summed E-state index contributed by atoms with van der Waals surface area (Å²) in [6.45, 7) is 1.28. The topological polar surface area (TPSA) is 69.2 Å². The molecule has 1 aromatic carbocycles. The van der Waals surface area contributed by atoms with Crippen molar-refractivity contribution in [2.24, 2.45) is 0 Å². The first-order chi connectivity index (χ1) is 9.70. The highest BCUT2D eigenvalue weighted by atomic mass is 35.5. The van der Waals surface area contributed by atoms with Crippen molar-refractivity contribution < 1.29 is 9.47 Å². The van der Waals surface area contributed by atoms with E-state index in [0.717, 1.165) is 17.9 Å². The van der Waals surface area contributed by atoms with E-state index in [9.17, 15) is 0 Å². The summed E-state index contributed by atoms with van der Waals surface area (Å²) in [4.78, 5) is 11.6. The second kappa shape index (κ2) is 5.68. The third-order valence-corrected chi connectivity index (χ3v) is 2.92. The summed E-state index contributed by atoms with van der Waals surface area (Å²) in [5, 5.41) is 3.05. The number of aromatic nitrogens is 3. The molecule has 8 heteroatoms. The van der Waals surface area contributed by atoms with E-state index < -0.39 is 0 Å². The van der Waals surface area contributed by atoms with Crippen LogP contribution in [0.1, 0.15) is 6.42 Å². The summed E-state index contributed by atoms with van der Waals surface area (Å²) in [5.74, 6) is 1.67. The zero-order valence-electron chi connectivity index (χ0n) is 10.3. The number of rotatable bonds is 2. The minimum atomic E-state index is 0.0295. The highest BCUT2D eigenvalue weighted by Crippen LogP contribution is 2.33. The van der Waals surface area contributed by atoms with Crippen LogP contribution in [0.2, 0.25) is 10.6 Å². The Kier molecular flexibility index (Phi) is 3.75. The molecule has 0 spiro atoms. The third kappa shape index (κ3) is 3.02. The molecular formula is C12H10Cl2N4O2. The molecule has 1 aliphatic rings. The maximum atomic E-state index is 5.72. The molecule has 0 fully saturated rings. The van der Waals surface area contributed by atoms with E-state index in [-0.39, 0.29) is 16.5 Å². The molecule has 20 heavy (non-hydrogen) atoms. The van der Waals surface area contributed by atoms with Crippen LogP contribution in [-0.2, 0) is 0 Å². The van der Waals surface area contributed by atoms with E-state index in [0.29, 0.717) is 19.0 Å². The Balaban J connectivity index is 1.85. The number of benzene rings is 1. The van der Waals surface area contributed by atoms with Crippen LogP contribution in [0.15, 0.2) is 18.2 Å². The predicted molar refractivity (Wildman–Crippen MR) is 75.2 cm³/mol. The Morgan fingerprint density at radius 2 is 1.65 bits per heavy atom. The number of fused-ring (bicyclic) bond motifs is 1. The number of halogens is 2. The number of anilines is 2. The van der Waals surface area contributed by atoms with Crippen LogP contribution in [0, 0.1) is 0 Å². The van der Waals surface area contributed by atoms with Crippen LogP contribution in [0.4, 0.5) is 11.6 Å². The Morgan fingerprint density at radius 3 is 2.40 bits per heavy atom. The van der Waals surface area contributed by atoms with Crippen molar-refractivity contribution in [2.45, 2.75) is 6.42 Å². The number of nitrogens with one attached hydrogen (secondary N) is 1. The first-order valence-electron chi connectivity index (χ1n) is 5.94. The molecule has 0 bridgehead atoms. The first kappa shape index (κ1) is 13.2. The molecule has 0 atom stereocenters. The van der Waals surface area contributed by atoms with Gasteiger partial charge in [-0.05, 0) is 35.3 Å². The van der Waals surface area contributed by atoms with Crippen molar-refractivity contribution in [1.29, 1.82) is 0 Å². The largest absolute Gasteiger partial charge is 0.490 e. The molecule has 6 nitrogen and oxygen atoms in total. The van der Waals surface area contributed by atoms with Gasteiger partial charge in [-0.3, -0.25) is 0 Å². The SMILES string of the molecule is Clc1nc(Cl)nc(Nc2ccc3c(c2)OCCCO3)n1. The molecular weight excluding hydrogens is 303 g/mol. The molecule has 0 amide bonds. The van der Waals surface area contributed by atoms with E-state index in [2.05, 4.69) is 20.3 Å². The van der Waals surface area contributed by atoms with Gasteiger partial charge in [-0.15, -0.1) is 0 Å². The zero-order chi connectivity index (χ0) is 13.9. The fourth-order valence-corrected chi connectivity index (χ4v) is 2.12. The van der Waals surface area contributed by atoms with Crippen molar-refractivity contribution >= 4 is 34.8 Å². The lowest BCUT2D eigenvalue weighted by Crippen LogP contribution is -2.00. The maximum Gasteiger partial charge on any atom is 0.232 e. The molecule has 0 aliphatic carbocycles. The third-order valence-electron chi connectivity index (χ3n) is 2.58. The maximum absolute atomic E-state index is 5.72. The van der Waals surface area contributed by atoms with Crippen molar-refractivity contribution in [3.05, 3.63) is 28.8 Å². The fourth-order valence-electron chi connectivity index (χ4n) is 1.75. The summed E-state index contributed by atoms with van der Waals surface area (Å²) in [6, 6.07) is 5.47. The van der Waals surface area contributed by atoms with Gasteiger partial charge in [-0.25, -0.2) is 0 Å². The van der Waals surface area contributed by atoms with Crippen molar-refractivity contribution in [1.82, 2.24) is 15.0 Å². The van der Waals surface area contributed by atoms with Crippen molar-refractivity contribution in [3.8, 4) is 11.5 Å². The van der Waals surface area contributed by atoms with E-state index in [1.54, 1.807) is 0 Å². The Morgan fingerprint density at radius 1 is 0.950 bits per heavy atom. The number of ether oxygens (including phenoxy) is 2. The van der Waals surface area contributed by atoms with Gasteiger partial charge in [0.15, 0.2) is 11.5 Å². The molecule has 104 valence electrons. The molecule has 0 radical (unpaired) electrons. The molecule has 0 saturated carbocycles. The van der Waals surface area contributed by atoms with Gasteiger partial charge in [0.1, 0.15) is 0 Å². The van der Waals surface area contributed by atoms with Gasteiger partial charge in [-0.2, -0.15) is 15.0 Å². The van der Waals surface area contributed by atoms with Gasteiger partial charge in [0.05, 0.1) is 13.2 Å². The van der Waals surface area contributed by atoms with Gasteiger partial charge >= 0.3 is 0 Å². The van der Waals surface area contributed by atoms with E-state index in [1.807, 2.05) is 18.2 Å². The van der Waals surface area contributed by atoms with Crippen LogP contribution >= 0.6 is 23.2 Å². The van der Waals surface area contributed by atoms with Gasteiger partial charge in [0.25, 0.3) is 0 Å². The fraction of sp³-hybridized carbons (Fsp3) is 0.250. The summed E-state index contributed by atoms with van der Waals surface area (Å²) in [6.07, 6.45) is 0.857. The standard InChI is InChI=1S/C12H10Cl2N4O2/c13-10-16-11(14)18-12(17-10)15-7-2-3-8-9(6-7)20-5-1-4-19-8/h2-3,6H,1,4-5H2,(H,15,16,17,18). The lowest BCUT2D eigenvalue weighted by molar-refractivity contribution is 0.297. The Hall–Kier alpha value is -1.79. The number of nitrogens with zero attached hydrogens (tertiary/aromatic N) is 3. The molecule has 2 aromatic rings. The van der Waals surface area contributed by atoms with Crippen LogP contribution in [0.5, 0.6) is 11.5 Å². The minimum absolute atomic E-state index is 0.0295. The van der Waals surface area contributed by atoms with Crippen LogP contribution in [0.3, 0.4) is 0 Å². The lowest BCUT2D eigenvalue weighted by Gasteiger charge is -2.10. The minimum Gasteiger partial charge on any atom is -0.490 e. The molecule has 1 aromatic heterocycles. The van der Waals surface area contributed by atoms with Crippen LogP contribution in [0.25, 0.3) is 0 Å². The first-order valence-corrected chi connectivity index (χ1v) is 6.70. The van der Waals surface area contributed by atoms with Gasteiger partial charge < -0.3 is 14.8 Å². The van der Waals surface area contributed by atoms with Crippen molar-refractivity contribution in [3.63, 3.8) is 0 Å². The predicted octanol–water partition coefficient (Wildman–Crippen LogP) is 3.08. The lowest BCUT2D eigenvalue weighted by atomic mass is 10.3. The van der Waals surface area contributed by atoms with E-state index in [4.69, 9.17) is 32.7 Å². The molecule has 2 heterocycles. The Labute approximate surface area is 125 Å². The molecule has 0 saturated heterocycles. The van der Waals surface area contributed by atoms with Gasteiger partial charge in [-0.1, -0.05) is 0 Å². The van der Waals surface area contributed by atoms with Crippen LogP contribution < -0.4 is 14.8 Å². The Bertz CT molecular complexity index is 619.